The predicted molar refractivity (Wildman–Crippen MR) is 117 cm³/mol. The quantitative estimate of drug-likeness (QED) is 0.313. The van der Waals surface area contributed by atoms with Crippen LogP contribution in [-0.2, 0) is 22.3 Å². The minimum Gasteiger partial charge on any atom is -0.492 e. The first kappa shape index (κ1) is 22.7. The van der Waals surface area contributed by atoms with E-state index in [0.717, 1.165) is 16.9 Å². The van der Waals surface area contributed by atoms with Crippen LogP contribution in [0.4, 0.5) is 0 Å². The number of sulfonamides is 1. The molecule has 0 unspecified atom stereocenters. The Labute approximate surface area is 173 Å². The highest BCUT2D eigenvalue weighted by Gasteiger charge is 2.15. The van der Waals surface area contributed by atoms with Crippen LogP contribution in [0.5, 0.6) is 5.75 Å². The van der Waals surface area contributed by atoms with Gasteiger partial charge in [-0.3, -0.25) is 4.99 Å². The van der Waals surface area contributed by atoms with Gasteiger partial charge in [-0.2, -0.15) is 0 Å². The van der Waals surface area contributed by atoms with Gasteiger partial charge >= 0.3 is 0 Å². The van der Waals surface area contributed by atoms with E-state index in [9.17, 15) is 8.42 Å². The average molecular weight is 419 g/mol. The summed E-state index contributed by atoms with van der Waals surface area (Å²) in [7, 11) is -1.69. The Hall–Kier alpha value is -2.58. The van der Waals surface area contributed by atoms with Gasteiger partial charge in [0.15, 0.2) is 5.96 Å². The van der Waals surface area contributed by atoms with Crippen LogP contribution < -0.4 is 20.1 Å². The van der Waals surface area contributed by atoms with Gasteiger partial charge in [-0.05, 0) is 37.1 Å². The second-order valence-electron chi connectivity index (χ2n) is 6.81. The number of nitrogens with one attached hydrogen (secondary N) is 3. The van der Waals surface area contributed by atoms with Crippen LogP contribution in [0.1, 0.15) is 25.0 Å². The van der Waals surface area contributed by atoms with E-state index in [1.54, 1.807) is 7.05 Å². The molecule has 7 nitrogen and oxygen atoms in total. The third-order valence-electron chi connectivity index (χ3n) is 3.96. The van der Waals surface area contributed by atoms with Crippen molar-refractivity contribution in [1.82, 2.24) is 15.4 Å². The van der Waals surface area contributed by atoms with Crippen molar-refractivity contribution in [2.45, 2.75) is 32.2 Å². The fraction of sp³-hybridized carbons (Fsp3) is 0.381. The maximum atomic E-state index is 12.3. The molecule has 0 aliphatic rings. The third kappa shape index (κ3) is 8.53. The van der Waals surface area contributed by atoms with Crippen molar-refractivity contribution < 1.29 is 13.2 Å². The summed E-state index contributed by atoms with van der Waals surface area (Å²) >= 11 is 0. The summed E-state index contributed by atoms with van der Waals surface area (Å²) in [6.45, 7) is 5.17. The highest BCUT2D eigenvalue weighted by molar-refractivity contribution is 7.88. The Bertz CT molecular complexity index is 884. The zero-order chi connectivity index (χ0) is 21.1. The van der Waals surface area contributed by atoms with Gasteiger partial charge in [-0.15, -0.1) is 0 Å². The monoisotopic (exact) mass is 418 g/mol. The Morgan fingerprint density at radius 1 is 1.00 bits per heavy atom. The molecular formula is C21H30N4O3S. The molecule has 3 N–H and O–H groups in total. The Kier molecular flexibility index (Phi) is 8.95. The van der Waals surface area contributed by atoms with Crippen molar-refractivity contribution in [2.24, 2.45) is 4.99 Å². The molecular weight excluding hydrogens is 388 g/mol. The van der Waals surface area contributed by atoms with Gasteiger partial charge in [0, 0.05) is 19.6 Å². The van der Waals surface area contributed by atoms with E-state index in [4.69, 9.17) is 4.74 Å². The molecule has 0 heterocycles. The van der Waals surface area contributed by atoms with Gasteiger partial charge in [-0.25, -0.2) is 13.1 Å². The van der Waals surface area contributed by atoms with Gasteiger partial charge in [0.05, 0.1) is 12.3 Å². The lowest BCUT2D eigenvalue weighted by Gasteiger charge is -2.15. The minimum atomic E-state index is -3.38. The molecule has 0 radical (unpaired) electrons. The Morgan fingerprint density at radius 2 is 1.66 bits per heavy atom. The second kappa shape index (κ2) is 11.4. The summed E-state index contributed by atoms with van der Waals surface area (Å²) < 4.78 is 32.8. The fourth-order valence-electron chi connectivity index (χ4n) is 2.73. The van der Waals surface area contributed by atoms with Crippen molar-refractivity contribution in [3.05, 3.63) is 65.7 Å². The van der Waals surface area contributed by atoms with E-state index in [0.29, 0.717) is 25.7 Å². The first-order chi connectivity index (χ1) is 13.9. The molecule has 8 heteroatoms. The number of rotatable bonds is 10. The SMILES string of the molecule is CN=C(NCCOc1ccccc1)NCc1ccccc1CS(=O)(=O)NC(C)C. The van der Waals surface area contributed by atoms with Gasteiger partial charge in [0.2, 0.25) is 10.0 Å². The second-order valence-corrected chi connectivity index (χ2v) is 8.57. The lowest BCUT2D eigenvalue weighted by atomic mass is 10.1. The number of ether oxygens (including phenoxy) is 1. The molecule has 2 aromatic carbocycles. The summed E-state index contributed by atoms with van der Waals surface area (Å²) in [5.74, 6) is 1.39. The maximum absolute atomic E-state index is 12.3. The standard InChI is InChI=1S/C21H30N4O3S/c1-17(2)25-29(26,27)16-19-10-8-7-9-18(19)15-24-21(22-3)23-13-14-28-20-11-5-4-6-12-20/h4-12,17,25H,13-16H2,1-3H3,(H2,22,23,24). The average Bonchev–Trinajstić information content (AvgIpc) is 2.68. The van der Waals surface area contributed by atoms with E-state index in [2.05, 4.69) is 20.3 Å². The summed E-state index contributed by atoms with van der Waals surface area (Å²) in [6, 6.07) is 17.0. The van der Waals surface area contributed by atoms with Crippen molar-refractivity contribution >= 4 is 16.0 Å². The van der Waals surface area contributed by atoms with Crippen molar-refractivity contribution in [3.8, 4) is 5.75 Å². The molecule has 0 amide bonds. The summed E-state index contributed by atoms with van der Waals surface area (Å²) in [5, 5.41) is 6.41. The van der Waals surface area contributed by atoms with Crippen molar-refractivity contribution in [3.63, 3.8) is 0 Å². The number of para-hydroxylation sites is 1. The lowest BCUT2D eigenvalue weighted by Crippen LogP contribution is -2.39. The molecule has 29 heavy (non-hydrogen) atoms. The van der Waals surface area contributed by atoms with Crippen molar-refractivity contribution in [2.75, 3.05) is 20.2 Å². The molecule has 0 fully saturated rings. The van der Waals surface area contributed by atoms with E-state index in [-0.39, 0.29) is 11.8 Å². The minimum absolute atomic E-state index is 0.0556. The van der Waals surface area contributed by atoms with E-state index < -0.39 is 10.0 Å². The topological polar surface area (TPSA) is 91.8 Å². The molecule has 0 bridgehead atoms. The van der Waals surface area contributed by atoms with Crippen LogP contribution in [0.2, 0.25) is 0 Å². The highest BCUT2D eigenvalue weighted by Crippen LogP contribution is 2.12. The summed E-state index contributed by atoms with van der Waals surface area (Å²) in [4.78, 5) is 4.20. The van der Waals surface area contributed by atoms with Crippen LogP contribution in [0.3, 0.4) is 0 Å². The van der Waals surface area contributed by atoms with E-state index >= 15 is 0 Å². The number of nitrogens with zero attached hydrogens (tertiary/aromatic N) is 1. The molecule has 0 saturated carbocycles. The lowest BCUT2D eigenvalue weighted by molar-refractivity contribution is 0.322. The number of guanidine groups is 1. The van der Waals surface area contributed by atoms with E-state index in [1.807, 2.05) is 68.4 Å². The zero-order valence-electron chi connectivity index (χ0n) is 17.2. The molecule has 0 spiro atoms. The van der Waals surface area contributed by atoms with Crippen LogP contribution in [0, 0.1) is 0 Å². The first-order valence-electron chi connectivity index (χ1n) is 9.59. The largest absolute Gasteiger partial charge is 0.492 e. The number of hydrogen-bond donors (Lipinski definition) is 3. The van der Waals surface area contributed by atoms with Gasteiger partial charge in [-0.1, -0.05) is 42.5 Å². The highest BCUT2D eigenvalue weighted by atomic mass is 32.2. The molecule has 0 aliphatic heterocycles. The van der Waals surface area contributed by atoms with Gasteiger partial charge < -0.3 is 15.4 Å². The van der Waals surface area contributed by atoms with Crippen LogP contribution >= 0.6 is 0 Å². The maximum Gasteiger partial charge on any atom is 0.216 e. The van der Waals surface area contributed by atoms with Crippen LogP contribution in [-0.4, -0.2) is 40.6 Å². The van der Waals surface area contributed by atoms with Crippen LogP contribution in [0.25, 0.3) is 0 Å². The summed E-state index contributed by atoms with van der Waals surface area (Å²) in [5.41, 5.74) is 1.67. The molecule has 0 saturated heterocycles. The van der Waals surface area contributed by atoms with E-state index in [1.165, 1.54) is 0 Å². The molecule has 2 rings (SSSR count). The van der Waals surface area contributed by atoms with Crippen molar-refractivity contribution in [1.29, 1.82) is 0 Å². The molecule has 0 atom stereocenters. The molecule has 158 valence electrons. The normalized spacial score (nSPS) is 12.1. The zero-order valence-corrected chi connectivity index (χ0v) is 18.0. The Balaban J connectivity index is 1.86. The third-order valence-corrected chi connectivity index (χ3v) is 5.48. The smallest absolute Gasteiger partial charge is 0.216 e. The van der Waals surface area contributed by atoms with Gasteiger partial charge in [0.1, 0.15) is 12.4 Å². The van der Waals surface area contributed by atoms with Crippen LogP contribution in [0.15, 0.2) is 59.6 Å². The Morgan fingerprint density at radius 3 is 2.31 bits per heavy atom. The fourth-order valence-corrected chi connectivity index (χ4v) is 4.22. The predicted octanol–water partition coefficient (Wildman–Crippen LogP) is 2.26. The molecule has 0 aliphatic carbocycles. The molecule has 0 aromatic heterocycles. The molecule has 2 aromatic rings. The van der Waals surface area contributed by atoms with Gasteiger partial charge in [0.25, 0.3) is 0 Å². The number of aliphatic imine (C=N–C) groups is 1. The summed E-state index contributed by atoms with van der Waals surface area (Å²) in [6.07, 6.45) is 0. The number of hydrogen-bond acceptors (Lipinski definition) is 4. The first-order valence-corrected chi connectivity index (χ1v) is 11.2. The number of benzene rings is 2.